The molecule has 2 unspecified atom stereocenters. The van der Waals surface area contributed by atoms with Gasteiger partial charge in [-0.15, -0.1) is 18.3 Å². The zero-order chi connectivity index (χ0) is 11.3. The van der Waals surface area contributed by atoms with Gasteiger partial charge in [0.05, 0.1) is 5.75 Å². The molecule has 0 aromatic heterocycles. The highest BCUT2D eigenvalue weighted by molar-refractivity contribution is 8.00. The largest absolute Gasteiger partial charge is 0.337 e. The van der Waals surface area contributed by atoms with Gasteiger partial charge in [-0.05, 0) is 33.1 Å². The van der Waals surface area contributed by atoms with Crippen molar-refractivity contribution in [2.75, 3.05) is 11.5 Å². The highest BCUT2D eigenvalue weighted by Gasteiger charge is 2.28. The van der Waals surface area contributed by atoms with Gasteiger partial charge in [-0.3, -0.25) is 4.79 Å². The Bertz CT molecular complexity index is 220. The summed E-state index contributed by atoms with van der Waals surface area (Å²) in [5, 5.41) is 0. The maximum atomic E-state index is 12.0. The van der Waals surface area contributed by atoms with Crippen molar-refractivity contribution in [3.8, 4) is 0 Å². The molecule has 2 nitrogen and oxygen atoms in total. The van der Waals surface area contributed by atoms with Gasteiger partial charge in [0.25, 0.3) is 0 Å². The van der Waals surface area contributed by atoms with E-state index in [9.17, 15) is 4.79 Å². The Labute approximate surface area is 97.1 Å². The molecule has 3 heteroatoms. The van der Waals surface area contributed by atoms with Crippen LogP contribution in [0, 0.1) is 0 Å². The number of carbonyl (C=O) groups excluding carboxylic acids is 1. The Morgan fingerprint density at radius 2 is 2.07 bits per heavy atom. The molecule has 15 heavy (non-hydrogen) atoms. The smallest absolute Gasteiger partial charge is 0.233 e. The summed E-state index contributed by atoms with van der Waals surface area (Å²) in [6.07, 6.45) is 5.41. The molecule has 0 bridgehead atoms. The third-order valence-electron chi connectivity index (χ3n) is 2.94. The summed E-state index contributed by atoms with van der Waals surface area (Å²) >= 11 is 1.65. The van der Waals surface area contributed by atoms with E-state index in [1.807, 2.05) is 6.08 Å². The van der Waals surface area contributed by atoms with E-state index >= 15 is 0 Å². The van der Waals surface area contributed by atoms with Gasteiger partial charge in [-0.25, -0.2) is 0 Å². The van der Waals surface area contributed by atoms with E-state index in [0.29, 0.717) is 23.7 Å². The molecular weight excluding hydrogens is 206 g/mol. The van der Waals surface area contributed by atoms with Gasteiger partial charge in [0.2, 0.25) is 5.91 Å². The van der Waals surface area contributed by atoms with E-state index in [1.54, 1.807) is 11.8 Å². The molecule has 0 radical (unpaired) electrons. The molecule has 1 rings (SSSR count). The zero-order valence-corrected chi connectivity index (χ0v) is 10.6. The molecule has 2 atom stereocenters. The molecular formula is C12H21NOS. The van der Waals surface area contributed by atoms with Crippen LogP contribution in [0.3, 0.4) is 0 Å². The quantitative estimate of drug-likeness (QED) is 0.543. The molecule has 1 amide bonds. The average molecular weight is 227 g/mol. The summed E-state index contributed by atoms with van der Waals surface area (Å²) in [6.45, 7) is 7.97. The van der Waals surface area contributed by atoms with E-state index in [4.69, 9.17) is 0 Å². The lowest BCUT2D eigenvalue weighted by molar-refractivity contribution is -0.134. The van der Waals surface area contributed by atoms with Crippen LogP contribution in [-0.4, -0.2) is 34.4 Å². The second-order valence-corrected chi connectivity index (χ2v) is 5.26. The number of hydrogen-bond donors (Lipinski definition) is 0. The number of thioether (sulfide) groups is 1. The number of piperidine rings is 1. The van der Waals surface area contributed by atoms with Crippen LogP contribution in [0.25, 0.3) is 0 Å². The minimum Gasteiger partial charge on any atom is -0.337 e. The summed E-state index contributed by atoms with van der Waals surface area (Å²) in [6, 6.07) is 0.844. The Morgan fingerprint density at radius 1 is 1.47 bits per heavy atom. The van der Waals surface area contributed by atoms with Crippen LogP contribution in [0.1, 0.15) is 33.1 Å². The molecule has 1 saturated heterocycles. The first-order valence-corrected chi connectivity index (χ1v) is 6.82. The van der Waals surface area contributed by atoms with Crippen LogP contribution >= 0.6 is 11.8 Å². The number of carbonyl (C=O) groups is 1. The Morgan fingerprint density at radius 3 is 2.60 bits per heavy atom. The minimum absolute atomic E-state index is 0.293. The molecule has 1 heterocycles. The SMILES string of the molecule is C=CCSCC(=O)N1C(C)CCCC1C. The maximum Gasteiger partial charge on any atom is 0.233 e. The molecule has 0 aromatic carbocycles. The lowest BCUT2D eigenvalue weighted by atomic mass is 9.98. The van der Waals surface area contributed by atoms with Gasteiger partial charge < -0.3 is 4.90 Å². The van der Waals surface area contributed by atoms with Crippen molar-refractivity contribution in [3.63, 3.8) is 0 Å². The van der Waals surface area contributed by atoms with Gasteiger partial charge in [0.15, 0.2) is 0 Å². The number of hydrogen-bond acceptors (Lipinski definition) is 2. The maximum absolute atomic E-state index is 12.0. The summed E-state index contributed by atoms with van der Waals surface area (Å²) in [7, 11) is 0. The molecule has 0 N–H and O–H groups in total. The van der Waals surface area contributed by atoms with Crippen molar-refractivity contribution in [1.29, 1.82) is 0 Å². The molecule has 1 aliphatic heterocycles. The van der Waals surface area contributed by atoms with Crippen LogP contribution < -0.4 is 0 Å². The molecule has 0 spiro atoms. The highest BCUT2D eigenvalue weighted by Crippen LogP contribution is 2.23. The molecule has 0 aromatic rings. The Hall–Kier alpha value is -0.440. The zero-order valence-electron chi connectivity index (χ0n) is 9.74. The van der Waals surface area contributed by atoms with Gasteiger partial charge in [-0.1, -0.05) is 6.08 Å². The van der Waals surface area contributed by atoms with E-state index in [-0.39, 0.29) is 0 Å². The summed E-state index contributed by atoms with van der Waals surface area (Å²) in [5.41, 5.74) is 0. The summed E-state index contributed by atoms with van der Waals surface area (Å²) in [4.78, 5) is 14.0. The number of nitrogens with zero attached hydrogens (tertiary/aromatic N) is 1. The van der Waals surface area contributed by atoms with Gasteiger partial charge >= 0.3 is 0 Å². The van der Waals surface area contributed by atoms with Gasteiger partial charge in [0, 0.05) is 17.8 Å². The van der Waals surface area contributed by atoms with Gasteiger partial charge in [-0.2, -0.15) is 0 Å². The van der Waals surface area contributed by atoms with Gasteiger partial charge in [0.1, 0.15) is 0 Å². The lowest BCUT2D eigenvalue weighted by Gasteiger charge is -2.39. The molecule has 1 fully saturated rings. The number of likely N-dealkylation sites (tertiary alicyclic amines) is 1. The average Bonchev–Trinajstić information content (AvgIpc) is 2.18. The normalized spacial score (nSPS) is 26.4. The molecule has 1 aliphatic rings. The first-order chi connectivity index (χ1) is 7.16. The fourth-order valence-electron chi connectivity index (χ4n) is 2.22. The van der Waals surface area contributed by atoms with E-state index in [0.717, 1.165) is 18.6 Å². The highest BCUT2D eigenvalue weighted by atomic mass is 32.2. The topological polar surface area (TPSA) is 20.3 Å². The first-order valence-electron chi connectivity index (χ1n) is 5.66. The molecule has 0 aliphatic carbocycles. The van der Waals surface area contributed by atoms with E-state index in [1.165, 1.54) is 6.42 Å². The second kappa shape index (κ2) is 6.21. The number of amides is 1. The first kappa shape index (κ1) is 12.6. The van der Waals surface area contributed by atoms with Crippen molar-refractivity contribution in [2.24, 2.45) is 0 Å². The van der Waals surface area contributed by atoms with Crippen LogP contribution in [-0.2, 0) is 4.79 Å². The summed E-state index contributed by atoms with van der Waals surface area (Å²) < 4.78 is 0. The Balaban J connectivity index is 2.44. The molecule has 0 saturated carbocycles. The fraction of sp³-hybridized carbons (Fsp3) is 0.750. The molecule has 86 valence electrons. The van der Waals surface area contributed by atoms with Crippen LogP contribution in [0.5, 0.6) is 0 Å². The van der Waals surface area contributed by atoms with Crippen LogP contribution in [0.2, 0.25) is 0 Å². The lowest BCUT2D eigenvalue weighted by Crippen LogP contribution is -2.48. The Kier molecular flexibility index (Phi) is 5.23. The van der Waals surface area contributed by atoms with Crippen LogP contribution in [0.4, 0.5) is 0 Å². The number of rotatable bonds is 4. The van der Waals surface area contributed by atoms with Crippen molar-refractivity contribution < 1.29 is 4.79 Å². The predicted octanol–water partition coefficient (Wildman–Crippen LogP) is 2.70. The van der Waals surface area contributed by atoms with Crippen molar-refractivity contribution >= 4 is 17.7 Å². The third-order valence-corrected chi connectivity index (χ3v) is 3.87. The van der Waals surface area contributed by atoms with Crippen molar-refractivity contribution in [3.05, 3.63) is 12.7 Å². The fourth-order valence-corrected chi connectivity index (χ4v) is 2.83. The van der Waals surface area contributed by atoms with Crippen molar-refractivity contribution in [2.45, 2.75) is 45.2 Å². The van der Waals surface area contributed by atoms with Crippen LogP contribution in [0.15, 0.2) is 12.7 Å². The summed E-state index contributed by atoms with van der Waals surface area (Å²) in [5.74, 6) is 1.75. The van der Waals surface area contributed by atoms with Crippen molar-refractivity contribution in [1.82, 2.24) is 4.90 Å². The standard InChI is InChI=1S/C12H21NOS/c1-4-8-15-9-12(14)13-10(2)6-5-7-11(13)3/h4,10-11H,1,5-9H2,2-3H3. The monoisotopic (exact) mass is 227 g/mol. The van der Waals surface area contributed by atoms with E-state index in [2.05, 4.69) is 25.3 Å². The third kappa shape index (κ3) is 3.56. The predicted molar refractivity (Wildman–Crippen MR) is 67.1 cm³/mol. The second-order valence-electron chi connectivity index (χ2n) is 4.23. The minimum atomic E-state index is 0.293. The van der Waals surface area contributed by atoms with E-state index < -0.39 is 0 Å².